The summed E-state index contributed by atoms with van der Waals surface area (Å²) in [6.45, 7) is 5.90. The minimum Gasteiger partial charge on any atom is -0.462 e. The summed E-state index contributed by atoms with van der Waals surface area (Å²) in [6, 6.07) is 0. The van der Waals surface area contributed by atoms with Crippen LogP contribution < -0.4 is 4.90 Å². The van der Waals surface area contributed by atoms with E-state index in [0.29, 0.717) is 18.1 Å². The van der Waals surface area contributed by atoms with Gasteiger partial charge >= 0.3 is 5.97 Å². The predicted octanol–water partition coefficient (Wildman–Crippen LogP) is 2.65. The number of piperidine rings is 1. The number of rotatable bonds is 5. The topological polar surface area (TPSA) is 78.1 Å². The van der Waals surface area contributed by atoms with E-state index < -0.39 is 0 Å². The molecule has 0 saturated carbocycles. The van der Waals surface area contributed by atoms with Crippen LogP contribution in [0.15, 0.2) is 18.6 Å². The number of ether oxygens (including phenoxy) is 1. The van der Waals surface area contributed by atoms with E-state index in [4.69, 9.17) is 4.74 Å². The molecule has 0 unspecified atom stereocenters. The summed E-state index contributed by atoms with van der Waals surface area (Å²) in [5.74, 6) is 1.39. The number of carbonyl (C=O) groups is 1. The van der Waals surface area contributed by atoms with Gasteiger partial charge in [-0.3, -0.25) is 4.68 Å². The molecule has 1 aliphatic rings. The van der Waals surface area contributed by atoms with Gasteiger partial charge in [0.15, 0.2) is 5.65 Å². The van der Waals surface area contributed by atoms with Gasteiger partial charge in [0.1, 0.15) is 11.4 Å². The van der Waals surface area contributed by atoms with Crippen molar-refractivity contribution in [3.05, 3.63) is 35.7 Å². The SMILES string of the molecule is CCOC(=O)c1cnc2c(c(C)nn2C)c1N1CCC(Cc2nccn2C)CC1. The molecule has 154 valence electrons. The first-order chi connectivity index (χ1) is 14.0. The van der Waals surface area contributed by atoms with E-state index in [2.05, 4.69) is 24.5 Å². The average molecular weight is 396 g/mol. The number of esters is 1. The molecule has 4 heterocycles. The Morgan fingerprint density at radius 1 is 1.24 bits per heavy atom. The van der Waals surface area contributed by atoms with E-state index >= 15 is 0 Å². The molecule has 0 N–H and O–H groups in total. The van der Waals surface area contributed by atoms with Gasteiger partial charge in [-0.1, -0.05) is 0 Å². The van der Waals surface area contributed by atoms with Crippen LogP contribution in [-0.4, -0.2) is 50.0 Å². The molecule has 0 spiro atoms. The standard InChI is InChI=1S/C21H28N6O2/c1-5-29-21(28)16-13-23-20-18(14(2)24-26(20)4)19(16)27-9-6-15(7-10-27)12-17-22-8-11-25(17)3/h8,11,13,15H,5-7,9-10,12H2,1-4H3. The molecule has 1 aliphatic heterocycles. The molecule has 8 nitrogen and oxygen atoms in total. The van der Waals surface area contributed by atoms with Gasteiger partial charge in [0.25, 0.3) is 0 Å². The quantitative estimate of drug-likeness (QED) is 0.617. The summed E-state index contributed by atoms with van der Waals surface area (Å²) in [4.78, 5) is 23.9. The summed E-state index contributed by atoms with van der Waals surface area (Å²) in [7, 11) is 3.93. The maximum Gasteiger partial charge on any atom is 0.341 e. The zero-order chi connectivity index (χ0) is 20.5. The molecule has 0 atom stereocenters. The zero-order valence-corrected chi connectivity index (χ0v) is 17.6. The average Bonchev–Trinajstić information content (AvgIpc) is 3.24. The highest BCUT2D eigenvalue weighted by molar-refractivity contribution is 6.05. The van der Waals surface area contributed by atoms with Crippen molar-refractivity contribution < 1.29 is 9.53 Å². The lowest BCUT2D eigenvalue weighted by molar-refractivity contribution is 0.0526. The second-order valence-corrected chi connectivity index (χ2v) is 7.74. The Balaban J connectivity index is 1.63. The molecule has 0 radical (unpaired) electrons. The highest BCUT2D eigenvalue weighted by Crippen LogP contribution is 2.35. The Morgan fingerprint density at radius 2 is 2.00 bits per heavy atom. The Kier molecular flexibility index (Phi) is 5.25. The van der Waals surface area contributed by atoms with Crippen molar-refractivity contribution in [1.29, 1.82) is 0 Å². The van der Waals surface area contributed by atoms with Crippen molar-refractivity contribution in [3.63, 3.8) is 0 Å². The molecule has 3 aromatic heterocycles. The number of imidazole rings is 1. The third-order valence-corrected chi connectivity index (χ3v) is 5.82. The first kappa shape index (κ1) is 19.4. The summed E-state index contributed by atoms with van der Waals surface area (Å²) in [5.41, 5.74) is 3.11. The van der Waals surface area contributed by atoms with Gasteiger partial charge in [0.05, 0.1) is 23.4 Å². The number of aryl methyl sites for hydroxylation is 3. The van der Waals surface area contributed by atoms with Crippen LogP contribution in [0.25, 0.3) is 11.0 Å². The van der Waals surface area contributed by atoms with E-state index in [1.807, 2.05) is 40.3 Å². The Labute approximate surface area is 170 Å². The third-order valence-electron chi connectivity index (χ3n) is 5.82. The van der Waals surface area contributed by atoms with Crippen LogP contribution in [0.2, 0.25) is 0 Å². The van der Waals surface area contributed by atoms with Crippen LogP contribution in [0, 0.1) is 12.8 Å². The Morgan fingerprint density at radius 3 is 2.66 bits per heavy atom. The molecule has 1 fully saturated rings. The van der Waals surface area contributed by atoms with Crippen LogP contribution >= 0.6 is 0 Å². The highest BCUT2D eigenvalue weighted by atomic mass is 16.5. The Bertz CT molecular complexity index is 1030. The molecule has 0 aromatic carbocycles. The number of fused-ring (bicyclic) bond motifs is 1. The number of hydrogen-bond donors (Lipinski definition) is 0. The van der Waals surface area contributed by atoms with E-state index in [1.54, 1.807) is 10.9 Å². The minimum absolute atomic E-state index is 0.324. The summed E-state index contributed by atoms with van der Waals surface area (Å²) >= 11 is 0. The van der Waals surface area contributed by atoms with E-state index in [1.165, 1.54) is 0 Å². The van der Waals surface area contributed by atoms with Gasteiger partial charge < -0.3 is 14.2 Å². The number of aromatic nitrogens is 5. The van der Waals surface area contributed by atoms with Crippen LogP contribution in [-0.2, 0) is 25.3 Å². The Hall–Kier alpha value is -2.90. The normalized spacial score (nSPS) is 15.2. The van der Waals surface area contributed by atoms with Crippen LogP contribution in [0.1, 0.15) is 41.6 Å². The number of pyridine rings is 1. The van der Waals surface area contributed by atoms with Crippen molar-refractivity contribution in [2.45, 2.75) is 33.1 Å². The monoisotopic (exact) mass is 396 g/mol. The molecule has 0 amide bonds. The van der Waals surface area contributed by atoms with Crippen LogP contribution in [0.5, 0.6) is 0 Å². The van der Waals surface area contributed by atoms with Gasteiger partial charge in [-0.2, -0.15) is 5.10 Å². The molecular weight excluding hydrogens is 368 g/mol. The van der Waals surface area contributed by atoms with Crippen molar-refractivity contribution >= 4 is 22.7 Å². The highest BCUT2D eigenvalue weighted by Gasteiger charge is 2.28. The van der Waals surface area contributed by atoms with Gasteiger partial charge in [0.2, 0.25) is 0 Å². The first-order valence-corrected chi connectivity index (χ1v) is 10.2. The lowest BCUT2D eigenvalue weighted by Crippen LogP contribution is -2.36. The molecule has 1 saturated heterocycles. The fourth-order valence-corrected chi connectivity index (χ4v) is 4.29. The molecule has 0 aliphatic carbocycles. The van der Waals surface area contributed by atoms with Crippen molar-refractivity contribution in [1.82, 2.24) is 24.3 Å². The van der Waals surface area contributed by atoms with Gasteiger partial charge in [-0.05, 0) is 32.6 Å². The van der Waals surface area contributed by atoms with Gasteiger partial charge in [-0.25, -0.2) is 14.8 Å². The number of hydrogen-bond acceptors (Lipinski definition) is 6. The molecule has 29 heavy (non-hydrogen) atoms. The molecule has 3 aromatic rings. The number of anilines is 1. The van der Waals surface area contributed by atoms with E-state index in [9.17, 15) is 4.79 Å². The molecule has 8 heteroatoms. The lowest BCUT2D eigenvalue weighted by Gasteiger charge is -2.34. The maximum absolute atomic E-state index is 12.7. The van der Waals surface area contributed by atoms with E-state index in [0.717, 1.165) is 60.6 Å². The van der Waals surface area contributed by atoms with Crippen LogP contribution in [0.4, 0.5) is 5.69 Å². The lowest BCUT2D eigenvalue weighted by atomic mass is 9.92. The third kappa shape index (κ3) is 3.59. The number of carbonyl (C=O) groups excluding carboxylic acids is 1. The molecule has 4 rings (SSSR count). The molecular formula is C21H28N6O2. The second-order valence-electron chi connectivity index (χ2n) is 7.74. The fraction of sp³-hybridized carbons (Fsp3) is 0.524. The fourth-order valence-electron chi connectivity index (χ4n) is 4.29. The largest absolute Gasteiger partial charge is 0.462 e. The minimum atomic E-state index is -0.324. The van der Waals surface area contributed by atoms with Crippen molar-refractivity contribution in [2.75, 3.05) is 24.6 Å². The van der Waals surface area contributed by atoms with Gasteiger partial charge in [0, 0.05) is 52.2 Å². The maximum atomic E-state index is 12.7. The smallest absolute Gasteiger partial charge is 0.341 e. The van der Waals surface area contributed by atoms with Gasteiger partial charge in [-0.15, -0.1) is 0 Å². The number of nitrogens with zero attached hydrogens (tertiary/aromatic N) is 6. The van der Waals surface area contributed by atoms with Crippen molar-refractivity contribution in [3.8, 4) is 0 Å². The van der Waals surface area contributed by atoms with E-state index in [-0.39, 0.29) is 5.97 Å². The zero-order valence-electron chi connectivity index (χ0n) is 17.6. The second kappa shape index (κ2) is 7.85. The first-order valence-electron chi connectivity index (χ1n) is 10.2. The predicted molar refractivity (Wildman–Crippen MR) is 111 cm³/mol. The van der Waals surface area contributed by atoms with Crippen LogP contribution in [0.3, 0.4) is 0 Å². The summed E-state index contributed by atoms with van der Waals surface area (Å²) in [6.07, 6.45) is 8.58. The summed E-state index contributed by atoms with van der Waals surface area (Å²) < 4.78 is 9.18. The van der Waals surface area contributed by atoms with Crippen molar-refractivity contribution in [2.24, 2.45) is 20.0 Å². The molecule has 0 bridgehead atoms. The summed E-state index contributed by atoms with van der Waals surface area (Å²) in [5, 5.41) is 5.48.